The van der Waals surface area contributed by atoms with Crippen LogP contribution in [0.4, 0.5) is 0 Å². The third-order valence-electron chi connectivity index (χ3n) is 2.41. The molecule has 0 atom stereocenters. The van der Waals surface area contributed by atoms with Crippen molar-refractivity contribution in [1.82, 2.24) is 20.1 Å². The molecule has 1 amide bonds. The molecular formula is C12H12N4O3. The summed E-state index contributed by atoms with van der Waals surface area (Å²) < 4.78 is 1.38. The Morgan fingerprint density at radius 3 is 2.89 bits per heavy atom. The standard InChI is InChI=1S/C12H12N4O3/c1-2-13-11(17)10-5-9(3-4-14-10)16-7-8(6-15-16)12(18)19/h3-7H,2H2,1H3,(H,13,17)(H,18,19). The van der Waals surface area contributed by atoms with Gasteiger partial charge in [0, 0.05) is 18.9 Å². The number of nitrogens with zero attached hydrogens (tertiary/aromatic N) is 3. The first-order chi connectivity index (χ1) is 9.11. The lowest BCUT2D eigenvalue weighted by molar-refractivity contribution is 0.0696. The largest absolute Gasteiger partial charge is 0.478 e. The summed E-state index contributed by atoms with van der Waals surface area (Å²) in [4.78, 5) is 26.4. The summed E-state index contributed by atoms with van der Waals surface area (Å²) in [5, 5.41) is 15.4. The number of carbonyl (C=O) groups excluding carboxylic acids is 1. The van der Waals surface area contributed by atoms with Gasteiger partial charge in [-0.05, 0) is 19.1 Å². The van der Waals surface area contributed by atoms with Gasteiger partial charge in [0.25, 0.3) is 5.91 Å². The highest BCUT2D eigenvalue weighted by molar-refractivity contribution is 5.92. The Hall–Kier alpha value is -2.70. The summed E-state index contributed by atoms with van der Waals surface area (Å²) in [7, 11) is 0. The van der Waals surface area contributed by atoms with Crippen molar-refractivity contribution in [2.45, 2.75) is 6.92 Å². The molecule has 2 aromatic heterocycles. The number of nitrogens with one attached hydrogen (secondary N) is 1. The molecule has 0 spiro atoms. The minimum Gasteiger partial charge on any atom is -0.478 e. The van der Waals surface area contributed by atoms with Gasteiger partial charge in [-0.15, -0.1) is 0 Å². The first-order valence-corrected chi connectivity index (χ1v) is 5.64. The van der Waals surface area contributed by atoms with E-state index in [1.165, 1.54) is 23.3 Å². The van der Waals surface area contributed by atoms with Crippen molar-refractivity contribution >= 4 is 11.9 Å². The first-order valence-electron chi connectivity index (χ1n) is 5.64. The normalized spacial score (nSPS) is 10.2. The van der Waals surface area contributed by atoms with Crippen molar-refractivity contribution in [3.63, 3.8) is 0 Å². The lowest BCUT2D eigenvalue weighted by atomic mass is 10.3. The zero-order valence-corrected chi connectivity index (χ0v) is 10.2. The van der Waals surface area contributed by atoms with E-state index >= 15 is 0 Å². The molecule has 0 bridgehead atoms. The van der Waals surface area contributed by atoms with Crippen molar-refractivity contribution in [1.29, 1.82) is 0 Å². The molecule has 2 aromatic rings. The fourth-order valence-electron chi connectivity index (χ4n) is 1.51. The number of hydrogen-bond acceptors (Lipinski definition) is 4. The van der Waals surface area contributed by atoms with E-state index in [-0.39, 0.29) is 17.2 Å². The highest BCUT2D eigenvalue weighted by Gasteiger charge is 2.10. The SMILES string of the molecule is CCNC(=O)c1cc(-n2cc(C(=O)O)cn2)ccn1. The molecule has 19 heavy (non-hydrogen) atoms. The molecular weight excluding hydrogens is 248 g/mol. The van der Waals surface area contributed by atoms with E-state index in [2.05, 4.69) is 15.4 Å². The molecule has 0 saturated heterocycles. The van der Waals surface area contributed by atoms with Gasteiger partial charge in [-0.2, -0.15) is 5.10 Å². The number of aromatic carboxylic acids is 1. The molecule has 0 radical (unpaired) electrons. The van der Waals surface area contributed by atoms with Gasteiger partial charge in [0.05, 0.1) is 17.4 Å². The van der Waals surface area contributed by atoms with Gasteiger partial charge in [0.1, 0.15) is 5.69 Å². The second-order valence-corrected chi connectivity index (χ2v) is 3.74. The summed E-state index contributed by atoms with van der Waals surface area (Å²) in [6.07, 6.45) is 4.09. The lowest BCUT2D eigenvalue weighted by Crippen LogP contribution is -2.23. The highest BCUT2D eigenvalue weighted by Crippen LogP contribution is 2.09. The summed E-state index contributed by atoms with van der Waals surface area (Å²) in [5.41, 5.74) is 0.909. The van der Waals surface area contributed by atoms with Gasteiger partial charge in [-0.3, -0.25) is 9.78 Å². The molecule has 2 rings (SSSR count). The fraction of sp³-hybridized carbons (Fsp3) is 0.167. The van der Waals surface area contributed by atoms with Crippen LogP contribution in [0.2, 0.25) is 0 Å². The molecule has 0 aromatic carbocycles. The van der Waals surface area contributed by atoms with Crippen LogP contribution < -0.4 is 5.32 Å². The summed E-state index contributed by atoms with van der Waals surface area (Å²) in [6.45, 7) is 2.32. The fourth-order valence-corrected chi connectivity index (χ4v) is 1.51. The molecule has 7 heteroatoms. The van der Waals surface area contributed by atoms with Crippen molar-refractivity contribution in [3.8, 4) is 5.69 Å². The van der Waals surface area contributed by atoms with Gasteiger partial charge in [0.2, 0.25) is 0 Å². The van der Waals surface area contributed by atoms with E-state index in [0.29, 0.717) is 12.2 Å². The molecule has 2 heterocycles. The monoisotopic (exact) mass is 260 g/mol. The van der Waals surface area contributed by atoms with Crippen LogP contribution in [0.5, 0.6) is 0 Å². The van der Waals surface area contributed by atoms with Crippen molar-refractivity contribution in [3.05, 3.63) is 42.0 Å². The third-order valence-corrected chi connectivity index (χ3v) is 2.41. The quantitative estimate of drug-likeness (QED) is 0.844. The number of carboxylic acids is 1. The van der Waals surface area contributed by atoms with Gasteiger partial charge in [0.15, 0.2) is 0 Å². The summed E-state index contributed by atoms with van der Waals surface area (Å²) >= 11 is 0. The van der Waals surface area contributed by atoms with Crippen LogP contribution in [0.25, 0.3) is 5.69 Å². The number of rotatable bonds is 4. The number of carboxylic acid groups (broad SMARTS) is 1. The van der Waals surface area contributed by atoms with E-state index in [9.17, 15) is 9.59 Å². The van der Waals surface area contributed by atoms with Crippen LogP contribution in [-0.4, -0.2) is 38.3 Å². The van der Waals surface area contributed by atoms with E-state index in [1.807, 2.05) is 6.92 Å². The van der Waals surface area contributed by atoms with Gasteiger partial charge in [-0.25, -0.2) is 9.48 Å². The molecule has 2 N–H and O–H groups in total. The number of aromatic nitrogens is 3. The van der Waals surface area contributed by atoms with Crippen molar-refractivity contribution in [2.75, 3.05) is 6.54 Å². The van der Waals surface area contributed by atoms with Gasteiger partial charge < -0.3 is 10.4 Å². The maximum Gasteiger partial charge on any atom is 0.338 e. The smallest absolute Gasteiger partial charge is 0.338 e. The Labute approximate surface area is 108 Å². The number of pyridine rings is 1. The minimum absolute atomic E-state index is 0.0800. The Kier molecular flexibility index (Phi) is 3.56. The molecule has 0 saturated carbocycles. The lowest BCUT2D eigenvalue weighted by Gasteiger charge is -2.04. The Balaban J connectivity index is 2.32. The molecule has 0 aliphatic rings. The summed E-state index contributed by atoms with van der Waals surface area (Å²) in [6, 6.07) is 3.19. The number of amides is 1. The molecule has 7 nitrogen and oxygen atoms in total. The van der Waals surface area contributed by atoms with Crippen LogP contribution in [0.1, 0.15) is 27.8 Å². The molecule has 0 aliphatic carbocycles. The van der Waals surface area contributed by atoms with Gasteiger partial charge >= 0.3 is 5.97 Å². The van der Waals surface area contributed by atoms with E-state index in [4.69, 9.17) is 5.11 Å². The predicted molar refractivity (Wildman–Crippen MR) is 66.3 cm³/mol. The molecule has 98 valence electrons. The Morgan fingerprint density at radius 1 is 1.47 bits per heavy atom. The van der Waals surface area contributed by atoms with Crippen LogP contribution >= 0.6 is 0 Å². The van der Waals surface area contributed by atoms with E-state index in [1.54, 1.807) is 12.1 Å². The van der Waals surface area contributed by atoms with Crippen molar-refractivity contribution in [2.24, 2.45) is 0 Å². The van der Waals surface area contributed by atoms with E-state index in [0.717, 1.165) is 0 Å². The summed E-state index contributed by atoms with van der Waals surface area (Å²) in [5.74, 6) is -1.33. The van der Waals surface area contributed by atoms with Crippen LogP contribution in [0, 0.1) is 0 Å². The second-order valence-electron chi connectivity index (χ2n) is 3.74. The predicted octanol–water partition coefficient (Wildman–Crippen LogP) is 0.715. The first kappa shape index (κ1) is 12.7. The Morgan fingerprint density at radius 2 is 2.26 bits per heavy atom. The average Bonchev–Trinajstić information content (AvgIpc) is 2.89. The van der Waals surface area contributed by atoms with Crippen LogP contribution in [-0.2, 0) is 0 Å². The zero-order chi connectivity index (χ0) is 13.8. The highest BCUT2D eigenvalue weighted by atomic mass is 16.4. The average molecular weight is 260 g/mol. The van der Waals surface area contributed by atoms with Gasteiger partial charge in [-0.1, -0.05) is 0 Å². The van der Waals surface area contributed by atoms with Crippen LogP contribution in [0.15, 0.2) is 30.7 Å². The topological polar surface area (TPSA) is 97.1 Å². The minimum atomic E-state index is -1.05. The number of hydrogen-bond donors (Lipinski definition) is 2. The van der Waals surface area contributed by atoms with Crippen molar-refractivity contribution < 1.29 is 14.7 Å². The Bertz CT molecular complexity index is 621. The van der Waals surface area contributed by atoms with E-state index < -0.39 is 5.97 Å². The van der Waals surface area contributed by atoms with Crippen LogP contribution in [0.3, 0.4) is 0 Å². The molecule has 0 fully saturated rings. The maximum atomic E-state index is 11.6. The maximum absolute atomic E-state index is 11.6. The molecule has 0 aliphatic heterocycles. The number of carbonyl (C=O) groups is 2. The zero-order valence-electron chi connectivity index (χ0n) is 10.2. The molecule has 0 unspecified atom stereocenters. The second kappa shape index (κ2) is 5.30. The third kappa shape index (κ3) is 2.76.